The molecule has 0 aromatic carbocycles. The molecule has 1 fully saturated rings. The van der Waals surface area contributed by atoms with E-state index in [1.54, 1.807) is 0 Å². The molecule has 0 unspecified atom stereocenters. The van der Waals surface area contributed by atoms with Crippen molar-refractivity contribution in [1.82, 2.24) is 0 Å². The van der Waals surface area contributed by atoms with Crippen molar-refractivity contribution < 1.29 is 4.74 Å². The molecule has 1 aliphatic carbocycles. The molecule has 1 aliphatic rings. The third-order valence-electron chi connectivity index (χ3n) is 3.70. The van der Waals surface area contributed by atoms with Crippen molar-refractivity contribution in [3.63, 3.8) is 0 Å². The summed E-state index contributed by atoms with van der Waals surface area (Å²) in [4.78, 5) is 1.46. The summed E-state index contributed by atoms with van der Waals surface area (Å²) < 4.78 is 5.81. The van der Waals surface area contributed by atoms with Gasteiger partial charge in [-0.3, -0.25) is 0 Å². The van der Waals surface area contributed by atoms with Crippen LogP contribution >= 0.6 is 11.3 Å². The highest BCUT2D eigenvalue weighted by Gasteiger charge is 2.34. The second-order valence-corrected chi connectivity index (χ2v) is 5.86. The number of rotatable bonds is 3. The summed E-state index contributed by atoms with van der Waals surface area (Å²) >= 11 is 1.85. The molecule has 2 heteroatoms. The van der Waals surface area contributed by atoms with Crippen molar-refractivity contribution in [3.8, 4) is 0 Å². The second-order valence-electron chi connectivity index (χ2n) is 4.83. The first kappa shape index (κ1) is 11.2. The van der Waals surface area contributed by atoms with E-state index in [0.717, 1.165) is 12.3 Å². The van der Waals surface area contributed by atoms with Crippen molar-refractivity contribution in [1.29, 1.82) is 0 Å². The maximum Gasteiger partial charge on any atom is 0.0727 e. The molecule has 0 aliphatic heterocycles. The van der Waals surface area contributed by atoms with Gasteiger partial charge in [0.15, 0.2) is 0 Å². The minimum Gasteiger partial charge on any atom is -0.378 e. The second kappa shape index (κ2) is 4.67. The molecule has 0 radical (unpaired) electrons. The Kier molecular flexibility index (Phi) is 3.47. The van der Waals surface area contributed by atoms with E-state index >= 15 is 0 Å². The van der Waals surface area contributed by atoms with Gasteiger partial charge < -0.3 is 4.74 Å². The van der Waals surface area contributed by atoms with Gasteiger partial charge in [0.05, 0.1) is 5.60 Å². The lowest BCUT2D eigenvalue weighted by molar-refractivity contribution is -0.0464. The fourth-order valence-electron chi connectivity index (χ4n) is 2.47. The van der Waals surface area contributed by atoms with E-state index in [2.05, 4.69) is 24.4 Å². The van der Waals surface area contributed by atoms with Crippen LogP contribution in [0.2, 0.25) is 0 Å². The topological polar surface area (TPSA) is 9.23 Å². The highest BCUT2D eigenvalue weighted by atomic mass is 32.1. The van der Waals surface area contributed by atoms with Crippen LogP contribution in [0.25, 0.3) is 0 Å². The van der Waals surface area contributed by atoms with Gasteiger partial charge in [0.1, 0.15) is 0 Å². The zero-order valence-corrected chi connectivity index (χ0v) is 10.5. The molecule has 84 valence electrons. The summed E-state index contributed by atoms with van der Waals surface area (Å²) in [6.45, 7) is 2.35. The maximum atomic E-state index is 5.81. The summed E-state index contributed by atoms with van der Waals surface area (Å²) in [5, 5.41) is 2.16. The fraction of sp³-hybridized carbons (Fsp3) is 0.692. The number of thiophene rings is 1. The molecular formula is C13H20OS. The Morgan fingerprint density at radius 2 is 2.20 bits per heavy atom. The lowest BCUT2D eigenvalue weighted by Crippen LogP contribution is -2.37. The van der Waals surface area contributed by atoms with E-state index in [-0.39, 0.29) is 5.60 Å². The zero-order valence-electron chi connectivity index (χ0n) is 9.66. The summed E-state index contributed by atoms with van der Waals surface area (Å²) in [7, 11) is 1.88. The molecule has 0 spiro atoms. The Morgan fingerprint density at radius 3 is 2.73 bits per heavy atom. The standard InChI is InChI=1S/C13H20OS/c1-11-5-7-13(14-2,8-6-11)10-12-4-3-9-15-12/h3-4,9,11H,5-8,10H2,1-2H3. The quantitative estimate of drug-likeness (QED) is 0.757. The zero-order chi connectivity index (χ0) is 10.7. The molecule has 0 saturated heterocycles. The molecule has 0 N–H and O–H groups in total. The van der Waals surface area contributed by atoms with Crippen LogP contribution in [0.1, 0.15) is 37.5 Å². The van der Waals surface area contributed by atoms with Crippen molar-refractivity contribution in [2.24, 2.45) is 5.92 Å². The van der Waals surface area contributed by atoms with Crippen LogP contribution in [0.4, 0.5) is 0 Å². The monoisotopic (exact) mass is 224 g/mol. The average molecular weight is 224 g/mol. The van der Waals surface area contributed by atoms with Crippen molar-refractivity contribution in [3.05, 3.63) is 22.4 Å². The van der Waals surface area contributed by atoms with E-state index in [0.29, 0.717) is 0 Å². The van der Waals surface area contributed by atoms with Crippen LogP contribution in [0.3, 0.4) is 0 Å². The maximum absolute atomic E-state index is 5.81. The highest BCUT2D eigenvalue weighted by Crippen LogP contribution is 2.37. The molecule has 0 bridgehead atoms. The van der Waals surface area contributed by atoms with E-state index in [1.165, 1.54) is 30.6 Å². The Hall–Kier alpha value is -0.340. The molecule has 1 nitrogen and oxygen atoms in total. The lowest BCUT2D eigenvalue weighted by Gasteiger charge is -2.38. The van der Waals surface area contributed by atoms with Gasteiger partial charge in [0.2, 0.25) is 0 Å². The minimum atomic E-state index is 0.136. The number of hydrogen-bond donors (Lipinski definition) is 0. The van der Waals surface area contributed by atoms with Crippen LogP contribution < -0.4 is 0 Å². The third-order valence-corrected chi connectivity index (χ3v) is 4.57. The van der Waals surface area contributed by atoms with E-state index < -0.39 is 0 Å². The fourth-order valence-corrected chi connectivity index (χ4v) is 3.31. The Balaban J connectivity index is 2.02. The van der Waals surface area contributed by atoms with E-state index in [1.807, 2.05) is 18.4 Å². The van der Waals surface area contributed by atoms with Gasteiger partial charge >= 0.3 is 0 Å². The van der Waals surface area contributed by atoms with Gasteiger partial charge in [-0.15, -0.1) is 11.3 Å². The van der Waals surface area contributed by atoms with Crippen molar-refractivity contribution in [2.45, 2.75) is 44.6 Å². The predicted molar refractivity (Wildman–Crippen MR) is 65.4 cm³/mol. The molecular weight excluding hydrogens is 204 g/mol. The minimum absolute atomic E-state index is 0.136. The van der Waals surface area contributed by atoms with E-state index in [4.69, 9.17) is 4.74 Å². The van der Waals surface area contributed by atoms with Crippen LogP contribution in [0.15, 0.2) is 17.5 Å². The van der Waals surface area contributed by atoms with Crippen molar-refractivity contribution >= 4 is 11.3 Å². The number of methoxy groups -OCH3 is 1. The average Bonchev–Trinajstić information content (AvgIpc) is 2.75. The summed E-state index contributed by atoms with van der Waals surface area (Å²) in [6, 6.07) is 4.36. The molecule has 0 amide bonds. The first-order chi connectivity index (χ1) is 7.24. The van der Waals surface area contributed by atoms with Crippen LogP contribution in [0, 0.1) is 5.92 Å². The SMILES string of the molecule is COC1(Cc2cccs2)CCC(C)CC1. The van der Waals surface area contributed by atoms with Crippen molar-refractivity contribution in [2.75, 3.05) is 7.11 Å². The Bertz CT molecular complexity index is 283. The summed E-state index contributed by atoms with van der Waals surface area (Å²) in [6.07, 6.45) is 6.19. The summed E-state index contributed by atoms with van der Waals surface area (Å²) in [5.41, 5.74) is 0.136. The molecule has 2 rings (SSSR count). The molecule has 1 aromatic heterocycles. The summed E-state index contributed by atoms with van der Waals surface area (Å²) in [5.74, 6) is 0.886. The number of hydrogen-bond acceptors (Lipinski definition) is 2. The van der Waals surface area contributed by atoms with Gasteiger partial charge in [0.25, 0.3) is 0 Å². The first-order valence-electron chi connectivity index (χ1n) is 5.82. The Morgan fingerprint density at radius 1 is 1.47 bits per heavy atom. The predicted octanol–water partition coefficient (Wildman–Crippen LogP) is 3.89. The van der Waals surface area contributed by atoms with Gasteiger partial charge in [-0.25, -0.2) is 0 Å². The van der Waals surface area contributed by atoms with Crippen LogP contribution in [-0.2, 0) is 11.2 Å². The molecule has 1 aromatic rings. The molecule has 1 saturated carbocycles. The lowest BCUT2D eigenvalue weighted by atomic mass is 9.77. The smallest absolute Gasteiger partial charge is 0.0727 e. The van der Waals surface area contributed by atoms with Gasteiger partial charge in [-0.05, 0) is 43.0 Å². The molecule has 0 atom stereocenters. The first-order valence-corrected chi connectivity index (χ1v) is 6.70. The third kappa shape index (κ3) is 2.61. The normalized spacial score (nSPS) is 31.7. The molecule has 15 heavy (non-hydrogen) atoms. The van der Waals surface area contributed by atoms with Gasteiger partial charge in [-0.1, -0.05) is 13.0 Å². The van der Waals surface area contributed by atoms with Gasteiger partial charge in [0, 0.05) is 18.4 Å². The Labute approximate surface area is 96.5 Å². The van der Waals surface area contributed by atoms with Gasteiger partial charge in [-0.2, -0.15) is 0 Å². The molecule has 1 heterocycles. The van der Waals surface area contributed by atoms with Crippen LogP contribution in [-0.4, -0.2) is 12.7 Å². The highest BCUT2D eigenvalue weighted by molar-refractivity contribution is 7.09. The van der Waals surface area contributed by atoms with E-state index in [9.17, 15) is 0 Å². The number of ether oxygens (including phenoxy) is 1. The largest absolute Gasteiger partial charge is 0.378 e. The van der Waals surface area contributed by atoms with Crippen LogP contribution in [0.5, 0.6) is 0 Å².